The molecule has 0 bridgehead atoms. The van der Waals surface area contributed by atoms with E-state index in [1.165, 1.54) is 32.4 Å². The number of hydrogen-bond acceptors (Lipinski definition) is 8. The summed E-state index contributed by atoms with van der Waals surface area (Å²) in [5, 5.41) is 1.31. The van der Waals surface area contributed by atoms with Gasteiger partial charge in [-0.25, -0.2) is 0 Å². The Balaban J connectivity index is 0.000000416. The molecule has 0 saturated carbocycles. The second-order valence-electron chi connectivity index (χ2n) is 4.98. The predicted octanol–water partition coefficient (Wildman–Crippen LogP) is 1.62. The van der Waals surface area contributed by atoms with Gasteiger partial charge in [-0.15, -0.1) is 16.8 Å². The first-order chi connectivity index (χ1) is 12.4. The van der Waals surface area contributed by atoms with Crippen LogP contribution in [0.4, 0.5) is 0 Å². The molecule has 0 aromatic heterocycles. The lowest BCUT2D eigenvalue weighted by atomic mass is 10.4. The van der Waals surface area contributed by atoms with Crippen molar-refractivity contribution in [3.63, 3.8) is 0 Å². The molecule has 1 saturated heterocycles. The molecule has 0 aliphatic carbocycles. The van der Waals surface area contributed by atoms with Crippen LogP contribution < -0.4 is 0 Å². The molecule has 2 rings (SSSR count). The van der Waals surface area contributed by atoms with E-state index in [4.69, 9.17) is 0 Å². The highest BCUT2D eigenvalue weighted by Gasteiger charge is 2.39. The van der Waals surface area contributed by atoms with Gasteiger partial charge in [0.15, 0.2) is 0 Å². The van der Waals surface area contributed by atoms with Gasteiger partial charge >= 0.3 is 0 Å². The fourth-order valence-corrected chi connectivity index (χ4v) is 2.75. The van der Waals surface area contributed by atoms with Gasteiger partial charge in [0, 0.05) is 12.2 Å². The molecule has 1 unspecified atom stereocenters. The van der Waals surface area contributed by atoms with Gasteiger partial charge in [0.25, 0.3) is 23.6 Å². The number of thiol groups is 1. The summed E-state index contributed by atoms with van der Waals surface area (Å²) < 4.78 is 0. The molecule has 10 heteroatoms. The van der Waals surface area contributed by atoms with Crippen LogP contribution in [0.3, 0.4) is 0 Å². The van der Waals surface area contributed by atoms with Crippen molar-refractivity contribution in [2.24, 2.45) is 0 Å². The summed E-state index contributed by atoms with van der Waals surface area (Å²) in [4.78, 5) is 52.7. The van der Waals surface area contributed by atoms with Crippen molar-refractivity contribution in [1.29, 1.82) is 0 Å². The molecule has 8 nitrogen and oxygen atoms in total. The maximum atomic E-state index is 11.4. The van der Waals surface area contributed by atoms with Gasteiger partial charge in [-0.05, 0) is 24.3 Å². The van der Waals surface area contributed by atoms with E-state index in [0.717, 1.165) is 35.1 Å². The van der Waals surface area contributed by atoms with Crippen LogP contribution in [-0.2, 0) is 28.9 Å². The van der Waals surface area contributed by atoms with Crippen molar-refractivity contribution in [2.75, 3.05) is 25.7 Å². The van der Waals surface area contributed by atoms with E-state index in [-0.39, 0.29) is 23.5 Å². The van der Waals surface area contributed by atoms with Gasteiger partial charge in [-0.3, -0.25) is 28.9 Å². The summed E-state index contributed by atoms with van der Waals surface area (Å²) in [6, 6.07) is 0. The normalized spacial score (nSPS) is 18.7. The third kappa shape index (κ3) is 7.90. The second-order valence-corrected chi connectivity index (χ2v) is 6.74. The van der Waals surface area contributed by atoms with Gasteiger partial charge in [-0.1, -0.05) is 13.8 Å². The van der Waals surface area contributed by atoms with Gasteiger partial charge in [0.05, 0.1) is 25.9 Å². The summed E-state index contributed by atoms with van der Waals surface area (Å²) in [5.74, 6) is 0.610. The van der Waals surface area contributed by atoms with Gasteiger partial charge in [-0.2, -0.15) is 17.7 Å². The van der Waals surface area contributed by atoms with Crippen LogP contribution in [0.5, 0.6) is 0 Å². The molecule has 26 heavy (non-hydrogen) atoms. The van der Waals surface area contributed by atoms with Crippen LogP contribution in [-0.4, -0.2) is 64.7 Å². The van der Waals surface area contributed by atoms with E-state index in [1.807, 2.05) is 6.92 Å². The standard InChI is InChI=1S/C8H13NO3S.C5H5NO3.C3H8S/c1-3-4-13-6-5-7(10)9(12-2)8(6)11;1-9-6-4(7)2-3-5(6)8;1-2-3-4/h6H,3-5H2,1-2H3;2-3H,1H3;4H,2-3H2,1H3. The highest BCUT2D eigenvalue weighted by Crippen LogP contribution is 2.25. The van der Waals surface area contributed by atoms with Crippen LogP contribution in [0.2, 0.25) is 0 Å². The zero-order valence-electron chi connectivity index (χ0n) is 15.5. The van der Waals surface area contributed by atoms with Crippen LogP contribution in [0.25, 0.3) is 0 Å². The van der Waals surface area contributed by atoms with Gasteiger partial charge in [0.2, 0.25) is 0 Å². The molecular formula is C16H26N2O6S2. The zero-order valence-corrected chi connectivity index (χ0v) is 17.2. The maximum Gasteiger partial charge on any atom is 0.277 e. The Morgan fingerprint density at radius 3 is 1.85 bits per heavy atom. The van der Waals surface area contributed by atoms with Crippen LogP contribution in [0.15, 0.2) is 12.2 Å². The number of amides is 4. The van der Waals surface area contributed by atoms with Crippen molar-refractivity contribution in [1.82, 2.24) is 10.1 Å². The number of hydroxylamine groups is 4. The lowest BCUT2D eigenvalue weighted by molar-refractivity contribution is -0.179. The number of carbonyl (C=O) groups excluding carboxylic acids is 4. The van der Waals surface area contributed by atoms with Crippen molar-refractivity contribution in [2.45, 2.75) is 38.4 Å². The van der Waals surface area contributed by atoms with Crippen LogP contribution >= 0.6 is 24.4 Å². The maximum absolute atomic E-state index is 11.4. The number of thioether (sulfide) groups is 1. The fraction of sp³-hybridized carbons (Fsp3) is 0.625. The van der Waals surface area contributed by atoms with Crippen molar-refractivity contribution >= 4 is 48.0 Å². The molecule has 0 radical (unpaired) electrons. The third-order valence-electron chi connectivity index (χ3n) is 2.94. The van der Waals surface area contributed by atoms with Crippen LogP contribution in [0.1, 0.15) is 33.1 Å². The summed E-state index contributed by atoms with van der Waals surface area (Å²) in [7, 11) is 2.60. The molecule has 0 aromatic rings. The molecule has 1 fully saturated rings. The Labute approximate surface area is 163 Å². The largest absolute Gasteiger partial charge is 0.277 e. The first kappa shape index (κ1) is 24.6. The monoisotopic (exact) mass is 406 g/mol. The first-order valence-corrected chi connectivity index (χ1v) is 9.79. The first-order valence-electron chi connectivity index (χ1n) is 8.11. The number of hydrogen-bond donors (Lipinski definition) is 1. The van der Waals surface area contributed by atoms with E-state index in [2.05, 4.69) is 29.2 Å². The molecule has 4 amide bonds. The number of nitrogens with zero attached hydrogens (tertiary/aromatic N) is 2. The number of imide groups is 2. The fourth-order valence-electron chi connectivity index (χ4n) is 1.73. The van der Waals surface area contributed by atoms with Crippen molar-refractivity contribution in [3.8, 4) is 0 Å². The summed E-state index contributed by atoms with van der Waals surface area (Å²) in [5.41, 5.74) is 0. The minimum Gasteiger partial charge on any atom is -0.272 e. The molecule has 1 atom stereocenters. The molecule has 0 spiro atoms. The molecule has 2 aliphatic rings. The van der Waals surface area contributed by atoms with E-state index < -0.39 is 11.8 Å². The summed E-state index contributed by atoms with van der Waals surface area (Å²) in [6.07, 6.45) is 4.79. The minimum atomic E-state index is -0.428. The molecule has 0 aromatic carbocycles. The number of rotatable bonds is 6. The summed E-state index contributed by atoms with van der Waals surface area (Å²) >= 11 is 5.44. The van der Waals surface area contributed by atoms with Crippen LogP contribution in [0, 0.1) is 0 Å². The Morgan fingerprint density at radius 2 is 1.54 bits per heavy atom. The van der Waals surface area contributed by atoms with E-state index in [0.29, 0.717) is 5.06 Å². The average Bonchev–Trinajstić information content (AvgIpc) is 3.11. The Bertz CT molecular complexity index is 507. The topological polar surface area (TPSA) is 93.2 Å². The summed E-state index contributed by atoms with van der Waals surface area (Å²) in [6.45, 7) is 4.15. The average molecular weight is 407 g/mol. The van der Waals surface area contributed by atoms with Gasteiger partial charge < -0.3 is 0 Å². The Morgan fingerprint density at radius 1 is 1.04 bits per heavy atom. The third-order valence-corrected chi connectivity index (χ3v) is 4.80. The highest BCUT2D eigenvalue weighted by molar-refractivity contribution is 8.00. The number of carbonyl (C=O) groups is 4. The molecule has 148 valence electrons. The molecule has 2 heterocycles. The quantitative estimate of drug-likeness (QED) is 0.529. The highest BCUT2D eigenvalue weighted by atomic mass is 32.2. The van der Waals surface area contributed by atoms with E-state index >= 15 is 0 Å². The molecule has 0 N–H and O–H groups in total. The van der Waals surface area contributed by atoms with Crippen molar-refractivity contribution < 1.29 is 28.9 Å². The Kier molecular flexibility index (Phi) is 13.1. The SMILES string of the molecule is CCCS.CCCSC1CC(=O)N(OC)C1=O.CON1C(=O)C=CC1=O. The Hall–Kier alpha value is -1.36. The smallest absolute Gasteiger partial charge is 0.272 e. The van der Waals surface area contributed by atoms with Gasteiger partial charge in [0.1, 0.15) is 0 Å². The zero-order chi connectivity index (χ0) is 20.1. The van der Waals surface area contributed by atoms with Crippen molar-refractivity contribution in [3.05, 3.63) is 12.2 Å². The van der Waals surface area contributed by atoms with E-state index in [9.17, 15) is 19.2 Å². The second kappa shape index (κ2) is 13.8. The van der Waals surface area contributed by atoms with E-state index in [1.54, 1.807) is 0 Å². The molecular weight excluding hydrogens is 380 g/mol. The predicted molar refractivity (Wildman–Crippen MR) is 102 cm³/mol. The lowest BCUT2D eigenvalue weighted by Gasteiger charge is -2.10. The molecule has 2 aliphatic heterocycles. The minimum absolute atomic E-state index is 0.217. The lowest BCUT2D eigenvalue weighted by Crippen LogP contribution is -2.30.